The third kappa shape index (κ3) is 4.69. The molecular formula is C15H22Cl2F2N2O. The number of hydrogen-bond acceptors (Lipinski definition) is 3. The fourth-order valence-corrected chi connectivity index (χ4v) is 3.05. The van der Waals surface area contributed by atoms with Gasteiger partial charge in [-0.25, -0.2) is 0 Å². The van der Waals surface area contributed by atoms with Gasteiger partial charge in [0.25, 0.3) is 0 Å². The van der Waals surface area contributed by atoms with Crippen molar-refractivity contribution in [2.24, 2.45) is 5.92 Å². The normalized spacial score (nSPS) is 20.0. The summed E-state index contributed by atoms with van der Waals surface area (Å²) in [5.74, 6) is 0.911. The highest BCUT2D eigenvalue weighted by Crippen LogP contribution is 2.47. The minimum atomic E-state index is -2.76. The van der Waals surface area contributed by atoms with Crippen molar-refractivity contribution in [3.05, 3.63) is 29.8 Å². The molecule has 0 aromatic heterocycles. The van der Waals surface area contributed by atoms with Crippen LogP contribution in [0.1, 0.15) is 24.4 Å². The van der Waals surface area contributed by atoms with E-state index in [0.29, 0.717) is 11.7 Å². The summed E-state index contributed by atoms with van der Waals surface area (Å²) in [5, 5.41) is 3.33. The largest absolute Gasteiger partial charge is 0.434 e. The molecule has 126 valence electrons. The van der Waals surface area contributed by atoms with Crippen LogP contribution in [-0.4, -0.2) is 37.7 Å². The van der Waals surface area contributed by atoms with Gasteiger partial charge in [-0.3, -0.25) is 4.90 Å². The van der Waals surface area contributed by atoms with Crippen LogP contribution < -0.4 is 10.1 Å². The van der Waals surface area contributed by atoms with E-state index in [-0.39, 0.29) is 30.9 Å². The van der Waals surface area contributed by atoms with Crippen LogP contribution in [0.2, 0.25) is 0 Å². The van der Waals surface area contributed by atoms with E-state index in [4.69, 9.17) is 4.74 Å². The molecule has 1 aliphatic carbocycles. The lowest BCUT2D eigenvalue weighted by Crippen LogP contribution is -2.45. The Hall–Kier alpha value is -0.620. The van der Waals surface area contributed by atoms with Gasteiger partial charge in [0.15, 0.2) is 0 Å². The number of benzene rings is 1. The third-order valence-electron chi connectivity index (χ3n) is 4.07. The van der Waals surface area contributed by atoms with E-state index in [1.54, 1.807) is 12.1 Å². The molecule has 1 saturated carbocycles. The van der Waals surface area contributed by atoms with Gasteiger partial charge in [0.2, 0.25) is 0 Å². The van der Waals surface area contributed by atoms with Crippen LogP contribution in [0.5, 0.6) is 5.75 Å². The molecule has 1 atom stereocenters. The zero-order valence-corrected chi connectivity index (χ0v) is 13.8. The highest BCUT2D eigenvalue weighted by atomic mass is 35.5. The topological polar surface area (TPSA) is 24.5 Å². The minimum Gasteiger partial charge on any atom is -0.434 e. The molecule has 1 N–H and O–H groups in total. The van der Waals surface area contributed by atoms with Crippen LogP contribution in [-0.2, 0) is 0 Å². The molecule has 1 aromatic carbocycles. The summed E-state index contributed by atoms with van der Waals surface area (Å²) in [7, 11) is 0. The Morgan fingerprint density at radius 1 is 1.09 bits per heavy atom. The molecule has 0 bridgehead atoms. The number of piperazine rings is 1. The average molecular weight is 355 g/mol. The Kier molecular flexibility index (Phi) is 7.83. The average Bonchev–Trinajstić information content (AvgIpc) is 3.26. The van der Waals surface area contributed by atoms with E-state index in [2.05, 4.69) is 10.2 Å². The van der Waals surface area contributed by atoms with Gasteiger partial charge in [0, 0.05) is 37.8 Å². The second kappa shape index (κ2) is 8.87. The Bertz CT molecular complexity index is 455. The second-order valence-electron chi connectivity index (χ2n) is 5.48. The Labute approximate surface area is 142 Å². The van der Waals surface area contributed by atoms with Gasteiger partial charge >= 0.3 is 6.61 Å². The predicted octanol–water partition coefficient (Wildman–Crippen LogP) is 3.49. The minimum absolute atomic E-state index is 0. The summed E-state index contributed by atoms with van der Waals surface area (Å²) >= 11 is 0. The zero-order chi connectivity index (χ0) is 13.9. The van der Waals surface area contributed by atoms with Gasteiger partial charge in [-0.05, 0) is 24.8 Å². The van der Waals surface area contributed by atoms with Gasteiger partial charge in [-0.2, -0.15) is 8.78 Å². The summed E-state index contributed by atoms with van der Waals surface area (Å²) in [6, 6.07) is 7.46. The van der Waals surface area contributed by atoms with Crippen LogP contribution in [0.15, 0.2) is 24.3 Å². The first-order valence-electron chi connectivity index (χ1n) is 7.24. The summed E-state index contributed by atoms with van der Waals surface area (Å²) < 4.78 is 29.9. The van der Waals surface area contributed by atoms with Gasteiger partial charge in [0.1, 0.15) is 5.75 Å². The molecular weight excluding hydrogens is 333 g/mol. The molecule has 1 aliphatic heterocycles. The van der Waals surface area contributed by atoms with Crippen molar-refractivity contribution in [1.29, 1.82) is 0 Å². The standard InChI is InChI=1S/C15H20F2N2O.2ClH/c16-15(17)20-13-4-2-1-3-12(13)14(11-5-6-11)19-9-7-18-8-10-19;;/h1-4,11,14-15,18H,5-10H2;2*1H/t14-;;/m0../s1. The molecule has 2 aliphatic rings. The number of rotatable bonds is 5. The number of para-hydroxylation sites is 1. The first kappa shape index (κ1) is 19.4. The monoisotopic (exact) mass is 354 g/mol. The zero-order valence-electron chi connectivity index (χ0n) is 12.2. The number of halogens is 4. The number of ether oxygens (including phenoxy) is 1. The quantitative estimate of drug-likeness (QED) is 0.875. The van der Waals surface area contributed by atoms with Crippen molar-refractivity contribution < 1.29 is 13.5 Å². The number of hydrogen-bond donors (Lipinski definition) is 1. The van der Waals surface area contributed by atoms with Crippen LogP contribution in [0, 0.1) is 5.92 Å². The SMILES string of the molecule is Cl.Cl.FC(F)Oc1ccccc1[C@H](C1CC1)N1CCNCC1. The number of nitrogens with one attached hydrogen (secondary N) is 1. The molecule has 2 fully saturated rings. The molecule has 0 unspecified atom stereocenters. The molecule has 22 heavy (non-hydrogen) atoms. The van der Waals surface area contributed by atoms with Gasteiger partial charge in [-0.15, -0.1) is 24.8 Å². The van der Waals surface area contributed by atoms with Crippen molar-refractivity contribution >= 4 is 24.8 Å². The molecule has 0 radical (unpaired) electrons. The van der Waals surface area contributed by atoms with E-state index in [1.165, 1.54) is 12.8 Å². The molecule has 1 saturated heterocycles. The van der Waals surface area contributed by atoms with Crippen molar-refractivity contribution in [2.75, 3.05) is 26.2 Å². The predicted molar refractivity (Wildman–Crippen MR) is 87.5 cm³/mol. The molecule has 0 amide bonds. The van der Waals surface area contributed by atoms with E-state index < -0.39 is 6.61 Å². The van der Waals surface area contributed by atoms with Crippen molar-refractivity contribution in [3.8, 4) is 5.75 Å². The van der Waals surface area contributed by atoms with Gasteiger partial charge < -0.3 is 10.1 Å². The van der Waals surface area contributed by atoms with Crippen molar-refractivity contribution in [1.82, 2.24) is 10.2 Å². The lowest BCUT2D eigenvalue weighted by atomic mass is 9.99. The maximum atomic E-state index is 12.6. The second-order valence-corrected chi connectivity index (χ2v) is 5.48. The molecule has 3 nitrogen and oxygen atoms in total. The first-order valence-corrected chi connectivity index (χ1v) is 7.24. The number of nitrogens with zero attached hydrogens (tertiary/aromatic N) is 1. The van der Waals surface area contributed by atoms with Gasteiger partial charge in [-0.1, -0.05) is 18.2 Å². The molecule has 0 spiro atoms. The molecule has 1 heterocycles. The lowest BCUT2D eigenvalue weighted by Gasteiger charge is -2.36. The fourth-order valence-electron chi connectivity index (χ4n) is 3.05. The first-order chi connectivity index (χ1) is 9.75. The van der Waals surface area contributed by atoms with Crippen LogP contribution in [0.4, 0.5) is 8.78 Å². The summed E-state index contributed by atoms with van der Waals surface area (Å²) in [5.41, 5.74) is 0.914. The van der Waals surface area contributed by atoms with Gasteiger partial charge in [0.05, 0.1) is 0 Å². The van der Waals surface area contributed by atoms with Crippen molar-refractivity contribution in [2.45, 2.75) is 25.5 Å². The van der Waals surface area contributed by atoms with E-state index in [1.807, 2.05) is 12.1 Å². The maximum Gasteiger partial charge on any atom is 0.387 e. The molecule has 3 rings (SSSR count). The highest BCUT2D eigenvalue weighted by molar-refractivity contribution is 5.85. The van der Waals surface area contributed by atoms with E-state index in [0.717, 1.165) is 31.7 Å². The van der Waals surface area contributed by atoms with Crippen molar-refractivity contribution in [3.63, 3.8) is 0 Å². The molecule has 1 aromatic rings. The lowest BCUT2D eigenvalue weighted by molar-refractivity contribution is -0.0514. The molecule has 7 heteroatoms. The van der Waals surface area contributed by atoms with E-state index in [9.17, 15) is 8.78 Å². The maximum absolute atomic E-state index is 12.6. The summed E-state index contributed by atoms with van der Waals surface area (Å²) in [6.07, 6.45) is 2.36. The highest BCUT2D eigenvalue weighted by Gasteiger charge is 2.38. The Morgan fingerprint density at radius 2 is 1.73 bits per heavy atom. The Morgan fingerprint density at radius 3 is 2.32 bits per heavy atom. The third-order valence-corrected chi connectivity index (χ3v) is 4.07. The number of alkyl halides is 2. The summed E-state index contributed by atoms with van der Waals surface area (Å²) in [4.78, 5) is 2.40. The fraction of sp³-hybridized carbons (Fsp3) is 0.600. The van der Waals surface area contributed by atoms with Crippen LogP contribution in [0.25, 0.3) is 0 Å². The Balaban J connectivity index is 0.00000121. The smallest absolute Gasteiger partial charge is 0.387 e. The van der Waals surface area contributed by atoms with Crippen LogP contribution >= 0.6 is 24.8 Å². The van der Waals surface area contributed by atoms with E-state index >= 15 is 0 Å². The van der Waals surface area contributed by atoms with Crippen LogP contribution in [0.3, 0.4) is 0 Å². The summed E-state index contributed by atoms with van der Waals surface area (Å²) in [6.45, 7) is 1.08.